The monoisotopic (exact) mass is 280 g/mol. The first-order valence-corrected chi connectivity index (χ1v) is 7.53. The summed E-state index contributed by atoms with van der Waals surface area (Å²) in [6.07, 6.45) is 3.49. The summed E-state index contributed by atoms with van der Waals surface area (Å²) < 4.78 is 6.29. The van der Waals surface area contributed by atoms with Gasteiger partial charge in [0.25, 0.3) is 0 Å². The van der Waals surface area contributed by atoms with Gasteiger partial charge in [0.05, 0.1) is 6.10 Å². The topological polar surface area (TPSA) is 29.5 Å². The first-order chi connectivity index (χ1) is 8.99. The molecule has 3 heteroatoms. The van der Waals surface area contributed by atoms with Crippen LogP contribution in [-0.4, -0.2) is 10.7 Å². The highest BCUT2D eigenvalue weighted by Crippen LogP contribution is 2.49. The summed E-state index contributed by atoms with van der Waals surface area (Å²) in [5.41, 5.74) is 0.663. The fourth-order valence-corrected chi connectivity index (χ4v) is 3.73. The van der Waals surface area contributed by atoms with Crippen molar-refractivity contribution in [2.75, 3.05) is 0 Å². The van der Waals surface area contributed by atoms with E-state index in [1.165, 1.54) is 6.42 Å². The highest BCUT2D eigenvalue weighted by atomic mass is 35.5. The molecule has 0 bridgehead atoms. The van der Waals surface area contributed by atoms with Crippen molar-refractivity contribution in [2.24, 2.45) is 11.8 Å². The number of aliphatic hydroxyl groups is 1. The second-order valence-electron chi connectivity index (χ2n) is 6.38. The summed E-state index contributed by atoms with van der Waals surface area (Å²) in [7, 11) is 0. The molecule has 0 amide bonds. The number of ether oxygens (including phenoxy) is 1. The van der Waals surface area contributed by atoms with E-state index >= 15 is 0 Å². The van der Waals surface area contributed by atoms with Gasteiger partial charge in [-0.25, -0.2) is 0 Å². The smallest absolute Gasteiger partial charge is 0.126 e. The van der Waals surface area contributed by atoms with Gasteiger partial charge in [-0.2, -0.15) is 0 Å². The lowest BCUT2D eigenvalue weighted by molar-refractivity contribution is -0.0601. The number of aliphatic hydroxyl groups excluding tert-OH is 1. The molecule has 0 radical (unpaired) electrons. The van der Waals surface area contributed by atoms with Crippen LogP contribution in [0.2, 0.25) is 5.02 Å². The molecule has 1 spiro atoms. The summed E-state index contributed by atoms with van der Waals surface area (Å²) in [5, 5.41) is 11.1. The Morgan fingerprint density at radius 1 is 1.26 bits per heavy atom. The van der Waals surface area contributed by atoms with E-state index in [9.17, 15) is 5.11 Å². The molecule has 3 rings (SSSR count). The van der Waals surface area contributed by atoms with Crippen LogP contribution >= 0.6 is 11.6 Å². The molecule has 1 aromatic carbocycles. The highest BCUT2D eigenvalue weighted by molar-refractivity contribution is 6.30. The fraction of sp³-hybridized carbons (Fsp3) is 0.625. The molecule has 1 aliphatic carbocycles. The molecule has 1 N–H and O–H groups in total. The maximum absolute atomic E-state index is 10.4. The van der Waals surface area contributed by atoms with Gasteiger partial charge in [-0.1, -0.05) is 25.4 Å². The van der Waals surface area contributed by atoms with Crippen LogP contribution in [0.25, 0.3) is 0 Å². The van der Waals surface area contributed by atoms with E-state index in [-0.39, 0.29) is 5.60 Å². The lowest BCUT2D eigenvalue weighted by Crippen LogP contribution is -2.46. The maximum atomic E-state index is 10.4. The number of rotatable bonds is 0. The minimum absolute atomic E-state index is 0.174. The number of hydrogen-bond acceptors (Lipinski definition) is 2. The Kier molecular flexibility index (Phi) is 3.26. The van der Waals surface area contributed by atoms with Crippen LogP contribution in [0.1, 0.15) is 51.2 Å². The van der Waals surface area contributed by atoms with E-state index in [2.05, 4.69) is 13.8 Å². The van der Waals surface area contributed by atoms with Crippen LogP contribution in [0.5, 0.6) is 5.75 Å². The minimum Gasteiger partial charge on any atom is -0.487 e. The van der Waals surface area contributed by atoms with E-state index in [0.29, 0.717) is 17.4 Å². The third kappa shape index (κ3) is 2.36. The zero-order chi connectivity index (χ0) is 13.6. The molecule has 104 valence electrons. The Morgan fingerprint density at radius 3 is 2.79 bits per heavy atom. The molecule has 0 saturated heterocycles. The molecule has 0 aromatic heterocycles. The SMILES string of the molecule is CC1CCC2(CC1C)C[C@@H](O)c1cc(Cl)ccc1O2. The Morgan fingerprint density at radius 2 is 2.05 bits per heavy atom. The van der Waals surface area contributed by atoms with Gasteiger partial charge in [-0.05, 0) is 49.3 Å². The zero-order valence-corrected chi connectivity index (χ0v) is 12.3. The number of benzene rings is 1. The van der Waals surface area contributed by atoms with E-state index in [0.717, 1.165) is 30.1 Å². The van der Waals surface area contributed by atoms with Crippen LogP contribution in [-0.2, 0) is 0 Å². The van der Waals surface area contributed by atoms with Crippen LogP contribution in [0.15, 0.2) is 18.2 Å². The number of hydrogen-bond donors (Lipinski definition) is 1. The quantitative estimate of drug-likeness (QED) is 0.765. The summed E-state index contributed by atoms with van der Waals surface area (Å²) >= 11 is 5.99. The van der Waals surface area contributed by atoms with Gasteiger partial charge in [-0.3, -0.25) is 0 Å². The Labute approximate surface area is 119 Å². The van der Waals surface area contributed by atoms with Gasteiger partial charge in [-0.15, -0.1) is 0 Å². The normalized spacial score (nSPS) is 37.8. The van der Waals surface area contributed by atoms with Crippen LogP contribution in [0, 0.1) is 11.8 Å². The van der Waals surface area contributed by atoms with Gasteiger partial charge in [0.2, 0.25) is 0 Å². The lowest BCUT2D eigenvalue weighted by Gasteiger charge is -2.46. The van der Waals surface area contributed by atoms with Crippen LogP contribution in [0.4, 0.5) is 0 Å². The summed E-state index contributed by atoms with van der Waals surface area (Å²) in [4.78, 5) is 0. The molecule has 2 nitrogen and oxygen atoms in total. The number of halogens is 1. The van der Waals surface area contributed by atoms with Gasteiger partial charge in [0, 0.05) is 17.0 Å². The van der Waals surface area contributed by atoms with E-state index < -0.39 is 6.10 Å². The number of fused-ring (bicyclic) bond motifs is 1. The first kappa shape index (κ1) is 13.3. The van der Waals surface area contributed by atoms with Crippen LogP contribution in [0.3, 0.4) is 0 Å². The van der Waals surface area contributed by atoms with E-state index in [4.69, 9.17) is 16.3 Å². The highest BCUT2D eigenvalue weighted by Gasteiger charge is 2.44. The molecule has 3 unspecified atom stereocenters. The molecule has 1 heterocycles. The molecule has 1 fully saturated rings. The van der Waals surface area contributed by atoms with Crippen LogP contribution < -0.4 is 4.74 Å². The third-order valence-electron chi connectivity index (χ3n) is 4.94. The lowest BCUT2D eigenvalue weighted by atomic mass is 9.70. The largest absolute Gasteiger partial charge is 0.487 e. The molecule has 1 saturated carbocycles. The summed E-state index contributed by atoms with van der Waals surface area (Å²) in [5.74, 6) is 2.21. The van der Waals surface area contributed by atoms with Gasteiger partial charge < -0.3 is 9.84 Å². The Bertz CT molecular complexity index is 488. The van der Waals surface area contributed by atoms with Gasteiger partial charge in [0.1, 0.15) is 11.4 Å². The van der Waals surface area contributed by atoms with Crippen molar-refractivity contribution in [3.05, 3.63) is 28.8 Å². The zero-order valence-electron chi connectivity index (χ0n) is 11.5. The summed E-state index contributed by atoms with van der Waals surface area (Å²) in [6, 6.07) is 5.55. The van der Waals surface area contributed by atoms with Crippen molar-refractivity contribution in [2.45, 2.75) is 51.2 Å². The van der Waals surface area contributed by atoms with E-state index in [1.54, 1.807) is 0 Å². The second kappa shape index (κ2) is 4.68. The van der Waals surface area contributed by atoms with Crippen molar-refractivity contribution < 1.29 is 9.84 Å². The average Bonchev–Trinajstić information content (AvgIpc) is 2.36. The average molecular weight is 281 g/mol. The minimum atomic E-state index is -0.456. The van der Waals surface area contributed by atoms with E-state index in [1.807, 2.05) is 18.2 Å². The predicted molar refractivity (Wildman–Crippen MR) is 76.6 cm³/mol. The Hall–Kier alpha value is -0.730. The molecule has 1 aliphatic heterocycles. The standard InChI is InChI=1S/C16H21ClO2/c1-10-5-6-16(8-11(10)2)9-14(18)13-7-12(17)3-4-15(13)19-16/h3-4,7,10-11,14,18H,5-6,8-9H2,1-2H3/t10?,11?,14-,16?/m1/s1. The molecule has 2 aliphatic rings. The summed E-state index contributed by atoms with van der Waals surface area (Å²) in [6.45, 7) is 4.60. The third-order valence-corrected chi connectivity index (χ3v) is 5.18. The Balaban J connectivity index is 1.90. The molecule has 4 atom stereocenters. The van der Waals surface area contributed by atoms with Gasteiger partial charge in [0.15, 0.2) is 0 Å². The van der Waals surface area contributed by atoms with Crippen molar-refractivity contribution >= 4 is 11.6 Å². The fourth-order valence-electron chi connectivity index (χ4n) is 3.55. The molecule has 1 aromatic rings. The first-order valence-electron chi connectivity index (χ1n) is 7.16. The predicted octanol–water partition coefficient (Wildman–Crippen LogP) is 4.35. The second-order valence-corrected chi connectivity index (χ2v) is 6.82. The van der Waals surface area contributed by atoms with Crippen molar-refractivity contribution in [1.29, 1.82) is 0 Å². The molecule has 19 heavy (non-hydrogen) atoms. The molecular formula is C16H21ClO2. The van der Waals surface area contributed by atoms with Crippen molar-refractivity contribution in [3.63, 3.8) is 0 Å². The van der Waals surface area contributed by atoms with Crippen molar-refractivity contribution in [1.82, 2.24) is 0 Å². The van der Waals surface area contributed by atoms with Gasteiger partial charge >= 0.3 is 0 Å². The van der Waals surface area contributed by atoms with Crippen molar-refractivity contribution in [3.8, 4) is 5.75 Å². The maximum Gasteiger partial charge on any atom is 0.126 e. The molecular weight excluding hydrogens is 260 g/mol.